The Morgan fingerprint density at radius 2 is 1.89 bits per heavy atom. The average Bonchev–Trinajstić information content (AvgIpc) is 3.38. The normalized spacial score (nSPS) is 15.6. The molecule has 0 aliphatic heterocycles. The number of pyridine rings is 1. The largest absolute Gasteiger partial charge is 0.220 e. The summed E-state index contributed by atoms with van der Waals surface area (Å²) < 4.78 is 12.3. The van der Waals surface area contributed by atoms with Gasteiger partial charge in [0.1, 0.15) is 7.05 Å². The number of aryl methyl sites for hydroxylation is 1. The Balaban J connectivity index is 1.72. The van der Waals surface area contributed by atoms with Gasteiger partial charge in [-0.15, -0.1) is 11.3 Å². The Bertz CT molecular complexity index is 1230. The first-order valence-corrected chi connectivity index (χ1v) is 11.3. The second-order valence-corrected chi connectivity index (χ2v) is 9.43. The van der Waals surface area contributed by atoms with Crippen molar-refractivity contribution in [3.63, 3.8) is 0 Å². The topological polar surface area (TPSA) is 3.88 Å². The van der Waals surface area contributed by atoms with Crippen LogP contribution in [0.15, 0.2) is 47.8 Å². The van der Waals surface area contributed by atoms with Gasteiger partial charge in [0.05, 0.1) is 12.3 Å². The molecule has 0 saturated heterocycles. The molecule has 2 heteroatoms. The fourth-order valence-corrected chi connectivity index (χ4v) is 5.72. The maximum Gasteiger partial charge on any atom is 0.220 e. The van der Waals surface area contributed by atoms with Gasteiger partial charge in [0.2, 0.25) is 5.69 Å². The van der Waals surface area contributed by atoms with Crippen molar-refractivity contribution < 1.29 is 5.94 Å². The molecule has 1 aliphatic carbocycles. The fourth-order valence-electron chi connectivity index (χ4n) is 4.91. The number of rotatable bonds is 3. The molecule has 1 nitrogen and oxygen atoms in total. The lowest BCUT2D eigenvalue weighted by Crippen LogP contribution is -2.35. The summed E-state index contributed by atoms with van der Waals surface area (Å²) in [5.41, 5.74) is 6.21. The van der Waals surface area contributed by atoms with E-state index >= 15 is 0 Å². The number of nitrogens with zero attached hydrogens (tertiary/aromatic N) is 1. The van der Waals surface area contributed by atoms with E-state index in [1.807, 2.05) is 0 Å². The number of fused-ring (bicyclic) bond motifs is 2. The van der Waals surface area contributed by atoms with Crippen molar-refractivity contribution in [3.8, 4) is 11.3 Å². The third kappa shape index (κ3) is 3.04. The number of thiophene rings is 1. The van der Waals surface area contributed by atoms with E-state index < -0.39 is 0 Å². The summed E-state index contributed by atoms with van der Waals surface area (Å²) in [7, 11) is 2.10. The Kier molecular flexibility index (Phi) is 4.19. The molecule has 1 aliphatic rings. The van der Waals surface area contributed by atoms with Crippen LogP contribution in [0.25, 0.3) is 32.1 Å². The van der Waals surface area contributed by atoms with Crippen LogP contribution in [0.1, 0.15) is 43.9 Å². The van der Waals surface area contributed by atoms with Crippen LogP contribution < -0.4 is 4.57 Å². The van der Waals surface area contributed by atoms with Gasteiger partial charge < -0.3 is 0 Å². The number of aromatic nitrogens is 1. The number of hydrogen-bond donors (Lipinski definition) is 0. The summed E-state index contributed by atoms with van der Waals surface area (Å²) in [6.45, 7) is 4.28. The van der Waals surface area contributed by atoms with Crippen LogP contribution in [0.3, 0.4) is 0 Å². The molecule has 0 radical (unpaired) electrons. The minimum atomic E-state index is 0.661. The zero-order valence-electron chi connectivity index (χ0n) is 18.0. The van der Waals surface area contributed by atoms with Crippen LogP contribution in [0.2, 0.25) is 0 Å². The minimum Gasteiger partial charge on any atom is -0.198 e. The lowest BCUT2D eigenvalue weighted by molar-refractivity contribution is -0.665. The molecule has 28 heavy (non-hydrogen) atoms. The first-order valence-electron chi connectivity index (χ1n) is 10.9. The lowest BCUT2D eigenvalue weighted by Gasteiger charge is -2.13. The Morgan fingerprint density at radius 3 is 2.71 bits per heavy atom. The maximum atomic E-state index is 8.81. The molecule has 0 bridgehead atoms. The van der Waals surface area contributed by atoms with Crippen LogP contribution in [-0.2, 0) is 13.5 Å². The zero-order valence-corrected chi connectivity index (χ0v) is 17.8. The molecule has 2 aromatic heterocycles. The lowest BCUT2D eigenvalue weighted by atomic mass is 9.93. The van der Waals surface area contributed by atoms with Crippen LogP contribution in [0.4, 0.5) is 0 Å². The van der Waals surface area contributed by atoms with Crippen molar-refractivity contribution in [2.45, 2.75) is 46.0 Å². The van der Waals surface area contributed by atoms with Crippen molar-refractivity contribution in [2.75, 3.05) is 0 Å². The fraction of sp³-hybridized carbons (Fsp3) is 0.346. The van der Waals surface area contributed by atoms with Gasteiger partial charge in [-0.25, -0.2) is 0 Å². The SMILES string of the molecule is [2H]c1c(C)[n+](C)c(-c2cc3sccc3cc2C)c2ccc(CC3CCCC3)cc12. The zero-order chi connectivity index (χ0) is 20.1. The van der Waals surface area contributed by atoms with Gasteiger partial charge in [0.15, 0.2) is 5.69 Å². The molecule has 0 N–H and O–H groups in total. The summed E-state index contributed by atoms with van der Waals surface area (Å²) in [5, 5.41) is 5.77. The second kappa shape index (κ2) is 7.00. The molecule has 0 unspecified atom stereocenters. The molecule has 1 fully saturated rings. The van der Waals surface area contributed by atoms with E-state index in [-0.39, 0.29) is 0 Å². The quantitative estimate of drug-likeness (QED) is 0.337. The Labute approximate surface area is 173 Å². The molecule has 0 spiro atoms. The highest BCUT2D eigenvalue weighted by Crippen LogP contribution is 2.35. The van der Waals surface area contributed by atoms with E-state index in [2.05, 4.69) is 67.2 Å². The standard InChI is InChI=1S/C26H28NS/c1-17-12-21-10-11-28-25(21)16-24(17)26-23-9-8-20(14-19-6-4-5-7-19)15-22(23)13-18(2)27(26)3/h8-13,15-16,19H,4-7,14H2,1-3H3/q+1/i13D. The van der Waals surface area contributed by atoms with E-state index in [1.54, 1.807) is 11.3 Å². The van der Waals surface area contributed by atoms with Crippen molar-refractivity contribution in [3.05, 3.63) is 64.6 Å². The maximum absolute atomic E-state index is 8.81. The summed E-state index contributed by atoms with van der Waals surface area (Å²) in [6.07, 6.45) is 6.64. The van der Waals surface area contributed by atoms with Crippen molar-refractivity contribution in [1.82, 2.24) is 0 Å². The minimum absolute atomic E-state index is 0.661. The van der Waals surface area contributed by atoms with Crippen LogP contribution in [0.5, 0.6) is 0 Å². The molecular formula is C26H28NS+. The Hall–Kier alpha value is -2.19. The summed E-state index contributed by atoms with van der Waals surface area (Å²) in [4.78, 5) is 0. The summed E-state index contributed by atoms with van der Waals surface area (Å²) in [5.74, 6) is 0.825. The molecule has 142 valence electrons. The van der Waals surface area contributed by atoms with Gasteiger partial charge in [0.25, 0.3) is 0 Å². The van der Waals surface area contributed by atoms with E-state index in [4.69, 9.17) is 1.37 Å². The highest BCUT2D eigenvalue weighted by molar-refractivity contribution is 7.17. The molecule has 2 aromatic carbocycles. The third-order valence-electron chi connectivity index (χ3n) is 6.55. The Morgan fingerprint density at radius 1 is 1.07 bits per heavy atom. The van der Waals surface area contributed by atoms with E-state index in [0.717, 1.165) is 23.4 Å². The van der Waals surface area contributed by atoms with E-state index in [9.17, 15) is 0 Å². The van der Waals surface area contributed by atoms with Gasteiger partial charge >= 0.3 is 0 Å². The molecule has 0 amide bonds. The predicted octanol–water partition coefficient (Wildman–Crippen LogP) is 6.90. The molecule has 0 atom stereocenters. The summed E-state index contributed by atoms with van der Waals surface area (Å²) >= 11 is 1.80. The van der Waals surface area contributed by atoms with Gasteiger partial charge in [-0.2, -0.15) is 4.57 Å². The van der Waals surface area contributed by atoms with Crippen molar-refractivity contribution in [1.29, 1.82) is 0 Å². The van der Waals surface area contributed by atoms with Crippen LogP contribution in [-0.4, -0.2) is 0 Å². The first kappa shape index (κ1) is 16.7. The number of hydrogen-bond acceptors (Lipinski definition) is 1. The van der Waals surface area contributed by atoms with E-state index in [0.29, 0.717) is 6.04 Å². The van der Waals surface area contributed by atoms with Crippen LogP contribution in [0, 0.1) is 19.8 Å². The average molecular weight is 388 g/mol. The van der Waals surface area contributed by atoms with Crippen LogP contribution >= 0.6 is 11.3 Å². The second-order valence-electron chi connectivity index (χ2n) is 8.48. The highest BCUT2D eigenvalue weighted by atomic mass is 32.1. The van der Waals surface area contributed by atoms with Crippen molar-refractivity contribution in [2.24, 2.45) is 13.0 Å². The third-order valence-corrected chi connectivity index (χ3v) is 7.43. The van der Waals surface area contributed by atoms with Crippen molar-refractivity contribution >= 4 is 32.2 Å². The predicted molar refractivity (Wildman–Crippen MR) is 121 cm³/mol. The monoisotopic (exact) mass is 387 g/mol. The molecule has 1 saturated carbocycles. The van der Waals surface area contributed by atoms with Gasteiger partial charge in [-0.05, 0) is 70.8 Å². The van der Waals surface area contributed by atoms with Gasteiger partial charge in [-0.3, -0.25) is 0 Å². The molecule has 5 rings (SSSR count). The van der Waals surface area contributed by atoms with Gasteiger partial charge in [0, 0.05) is 17.7 Å². The smallest absolute Gasteiger partial charge is 0.198 e. The number of benzene rings is 2. The van der Waals surface area contributed by atoms with Gasteiger partial charge in [-0.1, -0.05) is 37.8 Å². The molecule has 2 heterocycles. The molecular weight excluding hydrogens is 358 g/mol. The summed E-state index contributed by atoms with van der Waals surface area (Å²) in [6, 6.07) is 14.4. The molecule has 4 aromatic rings. The van der Waals surface area contributed by atoms with E-state index in [1.165, 1.54) is 63.5 Å². The first-order chi connectivity index (χ1) is 14.0. The highest BCUT2D eigenvalue weighted by Gasteiger charge is 2.21.